The van der Waals surface area contributed by atoms with Gasteiger partial charge in [0.25, 0.3) is 11.8 Å². The average Bonchev–Trinajstić information content (AvgIpc) is 2.85. The Bertz CT molecular complexity index is 1210. The summed E-state index contributed by atoms with van der Waals surface area (Å²) in [5, 5.41) is 3.52. The van der Waals surface area contributed by atoms with Gasteiger partial charge in [0.1, 0.15) is 0 Å². The summed E-state index contributed by atoms with van der Waals surface area (Å²) in [6.07, 6.45) is 2.63. The maximum Gasteiger partial charge on any atom is 0.265 e. The van der Waals surface area contributed by atoms with Gasteiger partial charge in [-0.1, -0.05) is 59.8 Å². The Labute approximate surface area is 208 Å². The van der Waals surface area contributed by atoms with Crippen molar-refractivity contribution in [2.24, 2.45) is 0 Å². The van der Waals surface area contributed by atoms with E-state index in [-0.39, 0.29) is 11.8 Å². The molecule has 5 nitrogen and oxygen atoms in total. The number of ether oxygens (including phenoxy) is 1. The molecule has 0 fully saturated rings. The summed E-state index contributed by atoms with van der Waals surface area (Å²) in [5.74, 6) is -0.191. The lowest BCUT2D eigenvalue weighted by molar-refractivity contribution is -0.114. The molecular weight excluding hydrogens is 468 g/mol. The molecule has 3 aromatic carbocycles. The molecule has 1 heterocycles. The molecule has 0 atom stereocenters. The molecule has 0 spiro atoms. The fourth-order valence-corrected chi connectivity index (χ4v) is 4.91. The van der Waals surface area contributed by atoms with Gasteiger partial charge < -0.3 is 15.0 Å². The van der Waals surface area contributed by atoms with Crippen LogP contribution in [-0.2, 0) is 16.1 Å². The van der Waals surface area contributed by atoms with Crippen LogP contribution in [-0.4, -0.2) is 32.1 Å². The molecule has 1 aliphatic heterocycles. The molecule has 0 radical (unpaired) electrons. The molecule has 3 aromatic rings. The Morgan fingerprint density at radius 3 is 2.65 bits per heavy atom. The van der Waals surface area contributed by atoms with Crippen molar-refractivity contribution in [3.8, 4) is 0 Å². The number of hydrogen-bond acceptors (Lipinski definition) is 4. The first-order valence-corrected chi connectivity index (χ1v) is 12.2. The monoisotopic (exact) mass is 492 g/mol. The topological polar surface area (TPSA) is 58.6 Å². The number of benzene rings is 3. The van der Waals surface area contributed by atoms with Crippen molar-refractivity contribution in [1.29, 1.82) is 0 Å². The van der Waals surface area contributed by atoms with Crippen LogP contribution < -0.4 is 10.2 Å². The molecule has 0 saturated carbocycles. The number of methoxy groups -OCH3 is 1. The van der Waals surface area contributed by atoms with E-state index in [9.17, 15) is 9.59 Å². The largest absolute Gasteiger partial charge is 0.385 e. The lowest BCUT2D eigenvalue weighted by Crippen LogP contribution is -2.33. The van der Waals surface area contributed by atoms with E-state index in [4.69, 9.17) is 16.3 Å². The SMILES string of the molecule is COCCCNC(=O)c1ccc(C=C2Sc3ccccc3N(Cc3cccc(Cl)c3)C2=O)cc1. The molecule has 0 saturated heterocycles. The Kier molecular flexibility index (Phi) is 8.06. The maximum atomic E-state index is 13.5. The molecule has 1 N–H and O–H groups in total. The third-order valence-corrected chi connectivity index (χ3v) is 6.66. The van der Waals surface area contributed by atoms with Gasteiger partial charge in [-0.15, -0.1) is 0 Å². The highest BCUT2D eigenvalue weighted by Crippen LogP contribution is 2.42. The van der Waals surface area contributed by atoms with Crippen molar-refractivity contribution in [1.82, 2.24) is 5.32 Å². The number of nitrogens with zero attached hydrogens (tertiary/aromatic N) is 1. The van der Waals surface area contributed by atoms with Crippen molar-refractivity contribution in [3.63, 3.8) is 0 Å². The van der Waals surface area contributed by atoms with E-state index in [1.54, 1.807) is 24.1 Å². The third-order valence-electron chi connectivity index (χ3n) is 5.34. The van der Waals surface area contributed by atoms with Gasteiger partial charge in [0, 0.05) is 35.7 Å². The van der Waals surface area contributed by atoms with Crippen molar-refractivity contribution in [2.75, 3.05) is 25.2 Å². The Morgan fingerprint density at radius 2 is 1.88 bits per heavy atom. The molecule has 1 aliphatic rings. The maximum absolute atomic E-state index is 13.5. The fraction of sp³-hybridized carbons (Fsp3) is 0.185. The van der Waals surface area contributed by atoms with E-state index >= 15 is 0 Å². The predicted octanol–water partition coefficient (Wildman–Crippen LogP) is 5.79. The third kappa shape index (κ3) is 5.89. The lowest BCUT2D eigenvalue weighted by atomic mass is 10.1. The summed E-state index contributed by atoms with van der Waals surface area (Å²) in [6.45, 7) is 1.60. The van der Waals surface area contributed by atoms with Crippen molar-refractivity contribution in [3.05, 3.63) is 99.4 Å². The Morgan fingerprint density at radius 1 is 1.09 bits per heavy atom. The number of amides is 2. The van der Waals surface area contributed by atoms with E-state index in [1.165, 1.54) is 11.8 Å². The fourth-order valence-electron chi connectivity index (χ4n) is 3.64. The van der Waals surface area contributed by atoms with Gasteiger partial charge in [-0.25, -0.2) is 0 Å². The zero-order chi connectivity index (χ0) is 23.9. The second-order valence-corrected chi connectivity index (χ2v) is 9.34. The number of anilines is 1. The van der Waals surface area contributed by atoms with Crippen LogP contribution in [0.4, 0.5) is 5.69 Å². The van der Waals surface area contributed by atoms with Gasteiger partial charge in [0.2, 0.25) is 0 Å². The number of carbonyl (C=O) groups excluding carboxylic acids is 2. The summed E-state index contributed by atoms with van der Waals surface area (Å²) in [6, 6.07) is 22.7. The molecule has 174 valence electrons. The zero-order valence-electron chi connectivity index (χ0n) is 18.8. The van der Waals surface area contributed by atoms with E-state index in [1.807, 2.05) is 66.7 Å². The summed E-state index contributed by atoms with van der Waals surface area (Å²) in [4.78, 5) is 29.2. The van der Waals surface area contributed by atoms with E-state index in [0.29, 0.717) is 35.2 Å². The minimum Gasteiger partial charge on any atom is -0.385 e. The second-order valence-electron chi connectivity index (χ2n) is 7.82. The highest BCUT2D eigenvalue weighted by molar-refractivity contribution is 8.04. The van der Waals surface area contributed by atoms with Crippen LogP contribution in [0.25, 0.3) is 6.08 Å². The van der Waals surface area contributed by atoms with Crippen LogP contribution >= 0.6 is 23.4 Å². The molecule has 0 aliphatic carbocycles. The van der Waals surface area contributed by atoms with Crippen molar-refractivity contribution in [2.45, 2.75) is 17.9 Å². The number of thioether (sulfide) groups is 1. The van der Waals surface area contributed by atoms with E-state index < -0.39 is 0 Å². The summed E-state index contributed by atoms with van der Waals surface area (Å²) >= 11 is 7.62. The molecule has 4 rings (SSSR count). The molecule has 7 heteroatoms. The van der Waals surface area contributed by atoms with Crippen LogP contribution in [0.15, 0.2) is 82.6 Å². The highest BCUT2D eigenvalue weighted by Gasteiger charge is 2.29. The number of hydrogen-bond donors (Lipinski definition) is 1. The van der Waals surface area contributed by atoms with Crippen LogP contribution in [0.2, 0.25) is 5.02 Å². The van der Waals surface area contributed by atoms with Gasteiger partial charge in [-0.2, -0.15) is 0 Å². The zero-order valence-corrected chi connectivity index (χ0v) is 20.4. The van der Waals surface area contributed by atoms with Gasteiger partial charge in [0.05, 0.1) is 17.1 Å². The number of carbonyl (C=O) groups is 2. The number of halogens is 1. The second kappa shape index (κ2) is 11.4. The molecule has 0 unspecified atom stereocenters. The summed E-state index contributed by atoms with van der Waals surface area (Å²) < 4.78 is 5.00. The number of nitrogens with one attached hydrogen (secondary N) is 1. The molecule has 0 bridgehead atoms. The van der Waals surface area contributed by atoms with Crippen LogP contribution in [0.1, 0.15) is 27.9 Å². The average molecular weight is 493 g/mol. The van der Waals surface area contributed by atoms with Gasteiger partial charge in [0.15, 0.2) is 0 Å². The van der Waals surface area contributed by atoms with Gasteiger partial charge in [-0.3, -0.25) is 9.59 Å². The predicted molar refractivity (Wildman–Crippen MR) is 138 cm³/mol. The highest BCUT2D eigenvalue weighted by atomic mass is 35.5. The molecule has 2 amide bonds. The normalized spacial score (nSPS) is 14.2. The van der Waals surface area contributed by atoms with Crippen molar-refractivity contribution >= 4 is 46.9 Å². The summed E-state index contributed by atoms with van der Waals surface area (Å²) in [7, 11) is 1.64. The first-order valence-electron chi connectivity index (χ1n) is 11.0. The Hall–Kier alpha value is -3.06. The minimum atomic E-state index is -0.125. The standard InChI is InChI=1S/C27H25ClN2O3S/c1-33-15-5-14-29-26(31)21-12-10-19(11-13-21)17-25-27(32)30(18-20-6-4-7-22(28)16-20)23-8-2-3-9-24(23)34-25/h2-4,6-13,16-17H,5,14-15,18H2,1H3,(H,29,31). The smallest absolute Gasteiger partial charge is 0.265 e. The quantitative estimate of drug-likeness (QED) is 0.319. The number of fused-ring (bicyclic) bond motifs is 1. The first kappa shape index (κ1) is 24.1. The van der Waals surface area contributed by atoms with Crippen molar-refractivity contribution < 1.29 is 14.3 Å². The number of para-hydroxylation sites is 1. The first-order chi connectivity index (χ1) is 16.5. The van der Waals surface area contributed by atoms with Gasteiger partial charge in [-0.05, 0) is 60.0 Å². The van der Waals surface area contributed by atoms with Crippen LogP contribution in [0.3, 0.4) is 0 Å². The summed E-state index contributed by atoms with van der Waals surface area (Å²) in [5.41, 5.74) is 3.28. The van der Waals surface area contributed by atoms with E-state index in [0.717, 1.165) is 28.1 Å². The molecule has 34 heavy (non-hydrogen) atoms. The van der Waals surface area contributed by atoms with E-state index in [2.05, 4.69) is 5.32 Å². The molecular formula is C27H25ClN2O3S. The molecule has 0 aromatic heterocycles. The van der Waals surface area contributed by atoms with Crippen LogP contribution in [0.5, 0.6) is 0 Å². The Balaban J connectivity index is 1.54. The lowest BCUT2D eigenvalue weighted by Gasteiger charge is -2.30. The van der Waals surface area contributed by atoms with Gasteiger partial charge >= 0.3 is 0 Å². The minimum absolute atomic E-state index is 0.0661. The van der Waals surface area contributed by atoms with Crippen LogP contribution in [0, 0.1) is 0 Å². The number of rotatable bonds is 8.